The van der Waals surface area contributed by atoms with E-state index in [2.05, 4.69) is 14.5 Å². The first-order valence-corrected chi connectivity index (χ1v) is 8.01. The quantitative estimate of drug-likeness (QED) is 0.818. The van der Waals surface area contributed by atoms with E-state index in [-0.39, 0.29) is 23.0 Å². The molecule has 0 bridgehead atoms. The van der Waals surface area contributed by atoms with Crippen molar-refractivity contribution in [2.45, 2.75) is 38.4 Å². The van der Waals surface area contributed by atoms with Gasteiger partial charge in [-0.25, -0.2) is 0 Å². The summed E-state index contributed by atoms with van der Waals surface area (Å²) in [4.78, 5) is 15.6. The maximum Gasteiger partial charge on any atom is 0.488 e. The summed E-state index contributed by atoms with van der Waals surface area (Å²) < 4.78 is 43.0. The van der Waals surface area contributed by atoms with Crippen LogP contribution in [0.2, 0.25) is 0 Å². The third-order valence-electron chi connectivity index (χ3n) is 3.22. The zero-order valence-corrected chi connectivity index (χ0v) is 13.0. The zero-order valence-electron chi connectivity index (χ0n) is 12.2. The molecular formula is C13H17FN2O5S. The van der Waals surface area contributed by atoms with E-state index in [1.165, 1.54) is 6.20 Å². The Balaban J connectivity index is 1.94. The number of halogens is 1. The van der Waals surface area contributed by atoms with E-state index < -0.39 is 16.4 Å². The molecule has 2 rings (SSSR count). The molecular weight excluding hydrogens is 315 g/mol. The molecule has 7 nitrogen and oxygen atoms in total. The van der Waals surface area contributed by atoms with Gasteiger partial charge >= 0.3 is 10.5 Å². The molecule has 1 aliphatic rings. The third-order valence-corrected chi connectivity index (χ3v) is 3.61. The number of ether oxygens (including phenoxy) is 1. The van der Waals surface area contributed by atoms with Gasteiger partial charge in [0.2, 0.25) is 0 Å². The van der Waals surface area contributed by atoms with Crippen LogP contribution in [0, 0.1) is 0 Å². The number of hydrogen-bond donors (Lipinski definition) is 1. The first-order chi connectivity index (χ1) is 10.1. The van der Waals surface area contributed by atoms with Crippen LogP contribution in [0.5, 0.6) is 5.75 Å². The molecule has 1 saturated heterocycles. The normalized spacial score (nSPS) is 20.6. The van der Waals surface area contributed by atoms with Gasteiger partial charge in [0.1, 0.15) is 0 Å². The van der Waals surface area contributed by atoms with E-state index in [1.807, 2.05) is 13.8 Å². The van der Waals surface area contributed by atoms with E-state index in [9.17, 15) is 17.1 Å². The summed E-state index contributed by atoms with van der Waals surface area (Å²) in [6.45, 7) is 4.29. The molecule has 22 heavy (non-hydrogen) atoms. The molecule has 1 unspecified atom stereocenters. The fourth-order valence-electron chi connectivity index (χ4n) is 2.23. The Labute approximate surface area is 128 Å². The van der Waals surface area contributed by atoms with Crippen LogP contribution in [0.4, 0.5) is 3.89 Å². The molecule has 1 amide bonds. The first kappa shape index (κ1) is 16.6. The van der Waals surface area contributed by atoms with Crippen molar-refractivity contribution in [3.05, 3.63) is 24.0 Å². The van der Waals surface area contributed by atoms with Crippen molar-refractivity contribution >= 4 is 16.4 Å². The van der Waals surface area contributed by atoms with Gasteiger partial charge in [0.25, 0.3) is 5.91 Å². The Bertz CT molecular complexity index is 662. The van der Waals surface area contributed by atoms with Gasteiger partial charge in [-0.3, -0.25) is 9.78 Å². The Morgan fingerprint density at radius 1 is 1.55 bits per heavy atom. The number of nitrogens with one attached hydrogen (secondary N) is 1. The molecule has 0 aliphatic carbocycles. The van der Waals surface area contributed by atoms with Crippen LogP contribution in [0.3, 0.4) is 0 Å². The second-order valence-electron chi connectivity index (χ2n) is 5.63. The summed E-state index contributed by atoms with van der Waals surface area (Å²) in [7, 11) is -5.15. The minimum Gasteiger partial charge on any atom is -0.371 e. The summed E-state index contributed by atoms with van der Waals surface area (Å²) in [5.41, 5.74) is -0.126. The molecule has 1 aliphatic heterocycles. The van der Waals surface area contributed by atoms with Crippen molar-refractivity contribution in [3.8, 4) is 5.75 Å². The molecule has 1 aromatic heterocycles. The fourth-order valence-corrected chi connectivity index (χ4v) is 2.55. The number of carbonyl (C=O) groups excluding carboxylic acids is 1. The molecule has 0 aromatic carbocycles. The van der Waals surface area contributed by atoms with Gasteiger partial charge in [0.15, 0.2) is 5.75 Å². The number of carbonyl (C=O) groups is 1. The fraction of sp³-hybridized carbons (Fsp3) is 0.538. The van der Waals surface area contributed by atoms with Crippen LogP contribution in [0.15, 0.2) is 18.5 Å². The van der Waals surface area contributed by atoms with Crippen molar-refractivity contribution in [1.82, 2.24) is 10.3 Å². The molecule has 9 heteroatoms. The second kappa shape index (κ2) is 6.17. The highest BCUT2D eigenvalue weighted by Gasteiger charge is 2.31. The highest BCUT2D eigenvalue weighted by Crippen LogP contribution is 2.28. The van der Waals surface area contributed by atoms with Gasteiger partial charge in [-0.15, -0.1) is 0 Å². The van der Waals surface area contributed by atoms with E-state index in [1.54, 1.807) is 0 Å². The number of pyridine rings is 1. The van der Waals surface area contributed by atoms with E-state index in [0.29, 0.717) is 6.54 Å². The Morgan fingerprint density at radius 3 is 2.86 bits per heavy atom. The Kier molecular flexibility index (Phi) is 4.66. The van der Waals surface area contributed by atoms with Crippen molar-refractivity contribution in [3.63, 3.8) is 0 Å². The molecule has 1 atom stereocenters. The van der Waals surface area contributed by atoms with Crippen LogP contribution in [0.25, 0.3) is 0 Å². The summed E-state index contributed by atoms with van der Waals surface area (Å²) in [5, 5.41) is 2.67. The zero-order chi connectivity index (χ0) is 16.4. The van der Waals surface area contributed by atoms with Gasteiger partial charge in [0, 0.05) is 12.7 Å². The SMILES string of the molecule is CC1(C)CCC(CNC(=O)c2cncc(OS(=O)(=O)F)c2)O1. The van der Waals surface area contributed by atoms with E-state index >= 15 is 0 Å². The lowest BCUT2D eigenvalue weighted by Crippen LogP contribution is -2.33. The number of hydrogen-bond acceptors (Lipinski definition) is 6. The van der Waals surface area contributed by atoms with E-state index in [0.717, 1.165) is 25.1 Å². The third kappa shape index (κ3) is 4.92. The van der Waals surface area contributed by atoms with Crippen LogP contribution in [-0.4, -0.2) is 37.6 Å². The largest absolute Gasteiger partial charge is 0.488 e. The molecule has 2 heterocycles. The number of rotatable bonds is 5. The lowest BCUT2D eigenvalue weighted by atomic mass is 10.1. The van der Waals surface area contributed by atoms with Crippen molar-refractivity contribution < 1.29 is 26.0 Å². The Hall–Kier alpha value is -1.74. The average molecular weight is 332 g/mol. The monoisotopic (exact) mass is 332 g/mol. The van der Waals surface area contributed by atoms with Gasteiger partial charge in [-0.05, 0) is 32.8 Å². The number of amides is 1. The number of nitrogens with zero attached hydrogens (tertiary/aromatic N) is 1. The standard InChI is InChI=1S/C13H17FN2O5S/c1-13(2)4-3-10(20-13)8-16-12(17)9-5-11(7-15-6-9)21-22(14,18)19/h5-7,10H,3-4,8H2,1-2H3,(H,16,17). The summed E-state index contributed by atoms with van der Waals surface area (Å²) in [6, 6.07) is 1.10. The minimum absolute atomic E-state index is 0.0680. The highest BCUT2D eigenvalue weighted by molar-refractivity contribution is 7.81. The van der Waals surface area contributed by atoms with Gasteiger partial charge < -0.3 is 14.2 Å². The van der Waals surface area contributed by atoms with Crippen LogP contribution < -0.4 is 9.50 Å². The predicted octanol–water partition coefficient (Wildman–Crippen LogP) is 1.36. The molecule has 0 spiro atoms. The summed E-state index contributed by atoms with van der Waals surface area (Å²) in [5.74, 6) is -0.837. The Morgan fingerprint density at radius 2 is 2.27 bits per heavy atom. The molecule has 122 valence electrons. The summed E-state index contributed by atoms with van der Waals surface area (Å²) >= 11 is 0. The average Bonchev–Trinajstić information content (AvgIpc) is 2.74. The predicted molar refractivity (Wildman–Crippen MR) is 75.4 cm³/mol. The first-order valence-electron chi connectivity index (χ1n) is 6.70. The maximum absolute atomic E-state index is 12.4. The van der Waals surface area contributed by atoms with Gasteiger partial charge in [-0.1, -0.05) is 3.89 Å². The molecule has 0 saturated carbocycles. The van der Waals surface area contributed by atoms with Crippen LogP contribution >= 0.6 is 0 Å². The van der Waals surface area contributed by atoms with Gasteiger partial charge in [0.05, 0.1) is 23.5 Å². The van der Waals surface area contributed by atoms with Crippen molar-refractivity contribution in [1.29, 1.82) is 0 Å². The van der Waals surface area contributed by atoms with Crippen molar-refractivity contribution in [2.75, 3.05) is 6.54 Å². The molecule has 1 fully saturated rings. The second-order valence-corrected chi connectivity index (χ2v) is 6.59. The minimum atomic E-state index is -5.15. The molecule has 1 aromatic rings. The lowest BCUT2D eigenvalue weighted by Gasteiger charge is -2.19. The summed E-state index contributed by atoms with van der Waals surface area (Å²) in [6.07, 6.45) is 3.91. The van der Waals surface area contributed by atoms with Crippen LogP contribution in [0.1, 0.15) is 37.0 Å². The maximum atomic E-state index is 12.4. The van der Waals surface area contributed by atoms with Crippen LogP contribution in [-0.2, 0) is 15.2 Å². The smallest absolute Gasteiger partial charge is 0.371 e. The highest BCUT2D eigenvalue weighted by atomic mass is 32.3. The number of aromatic nitrogens is 1. The lowest BCUT2D eigenvalue weighted by molar-refractivity contribution is -0.0138. The topological polar surface area (TPSA) is 94.6 Å². The van der Waals surface area contributed by atoms with Crippen molar-refractivity contribution in [2.24, 2.45) is 0 Å². The molecule has 0 radical (unpaired) electrons. The van der Waals surface area contributed by atoms with E-state index in [4.69, 9.17) is 4.74 Å². The van der Waals surface area contributed by atoms with Gasteiger partial charge in [-0.2, -0.15) is 8.42 Å². The molecule has 1 N–H and O–H groups in total.